The highest BCUT2D eigenvalue weighted by atomic mass is 15.0. The number of hydrogen-bond acceptors (Lipinski definition) is 2. The average molecular weight is 250 g/mol. The minimum absolute atomic E-state index is 0.248. The van der Waals surface area contributed by atoms with Crippen LogP contribution in [0.2, 0.25) is 0 Å². The average Bonchev–Trinajstić information content (AvgIpc) is 2.92. The maximum atomic E-state index is 6.07. The molecule has 2 heteroatoms. The van der Waals surface area contributed by atoms with Gasteiger partial charge in [-0.05, 0) is 51.0 Å². The van der Waals surface area contributed by atoms with Gasteiger partial charge in [-0.3, -0.25) is 0 Å². The van der Waals surface area contributed by atoms with Crippen LogP contribution in [-0.4, -0.2) is 18.6 Å². The van der Waals surface area contributed by atoms with E-state index in [1.807, 2.05) is 0 Å². The summed E-state index contributed by atoms with van der Waals surface area (Å²) < 4.78 is 0. The minimum Gasteiger partial charge on any atom is -0.329 e. The largest absolute Gasteiger partial charge is 0.329 e. The molecule has 18 heavy (non-hydrogen) atoms. The summed E-state index contributed by atoms with van der Waals surface area (Å²) in [5.74, 6) is 0.889. The molecule has 0 amide bonds. The van der Waals surface area contributed by atoms with Crippen molar-refractivity contribution in [2.45, 2.75) is 70.3 Å². The van der Waals surface area contributed by atoms with Gasteiger partial charge in [0.05, 0.1) is 0 Å². The molecule has 0 aromatic heterocycles. The number of nitrogens with two attached hydrogens (primary N) is 1. The third-order valence-electron chi connectivity index (χ3n) is 5.00. The van der Waals surface area contributed by atoms with Gasteiger partial charge in [0, 0.05) is 12.1 Å². The first-order valence-electron chi connectivity index (χ1n) is 7.91. The summed E-state index contributed by atoms with van der Waals surface area (Å²) in [4.78, 5) is 0. The highest BCUT2D eigenvalue weighted by Gasteiger charge is 2.33. The summed E-state index contributed by atoms with van der Waals surface area (Å²) in [6.45, 7) is 4.25. The Kier molecular flexibility index (Phi) is 5.25. The van der Waals surface area contributed by atoms with Crippen LogP contribution in [-0.2, 0) is 0 Å². The van der Waals surface area contributed by atoms with Crippen molar-refractivity contribution in [3.05, 3.63) is 11.6 Å². The fourth-order valence-corrected chi connectivity index (χ4v) is 3.71. The van der Waals surface area contributed by atoms with Gasteiger partial charge < -0.3 is 11.1 Å². The van der Waals surface area contributed by atoms with E-state index in [4.69, 9.17) is 5.73 Å². The third-order valence-corrected chi connectivity index (χ3v) is 5.00. The second-order valence-corrected chi connectivity index (χ2v) is 6.29. The van der Waals surface area contributed by atoms with Crippen molar-refractivity contribution in [3.63, 3.8) is 0 Å². The minimum atomic E-state index is 0.248. The molecule has 0 aliphatic heterocycles. The summed E-state index contributed by atoms with van der Waals surface area (Å²) in [7, 11) is 0. The summed E-state index contributed by atoms with van der Waals surface area (Å²) in [6, 6.07) is 0. The van der Waals surface area contributed by atoms with Gasteiger partial charge in [0.25, 0.3) is 0 Å². The predicted octanol–water partition coefficient (Wildman–Crippen LogP) is 3.37. The van der Waals surface area contributed by atoms with Gasteiger partial charge >= 0.3 is 0 Å². The van der Waals surface area contributed by atoms with Crippen molar-refractivity contribution < 1.29 is 0 Å². The van der Waals surface area contributed by atoms with Crippen molar-refractivity contribution >= 4 is 0 Å². The van der Waals surface area contributed by atoms with Crippen molar-refractivity contribution in [2.75, 3.05) is 13.1 Å². The smallest absolute Gasteiger partial charge is 0.0306 e. The van der Waals surface area contributed by atoms with Crippen LogP contribution in [0.1, 0.15) is 64.7 Å². The number of allylic oxidation sites excluding steroid dienone is 1. The van der Waals surface area contributed by atoms with E-state index >= 15 is 0 Å². The first-order chi connectivity index (χ1) is 8.78. The Morgan fingerprint density at radius 2 is 2.33 bits per heavy atom. The fourth-order valence-electron chi connectivity index (χ4n) is 3.71. The lowest BCUT2D eigenvalue weighted by Crippen LogP contribution is -2.54. The summed E-state index contributed by atoms with van der Waals surface area (Å²) in [5, 5.41) is 3.81. The summed E-state index contributed by atoms with van der Waals surface area (Å²) in [5.41, 5.74) is 7.98. The lowest BCUT2D eigenvalue weighted by Gasteiger charge is -2.41. The first kappa shape index (κ1) is 14.1. The molecule has 2 atom stereocenters. The molecule has 2 aliphatic carbocycles. The Balaban J connectivity index is 1.79. The first-order valence-corrected chi connectivity index (χ1v) is 7.91. The van der Waals surface area contributed by atoms with E-state index < -0.39 is 0 Å². The van der Waals surface area contributed by atoms with Gasteiger partial charge in [-0.15, -0.1) is 0 Å². The van der Waals surface area contributed by atoms with Crippen molar-refractivity contribution in [1.82, 2.24) is 5.32 Å². The van der Waals surface area contributed by atoms with E-state index in [1.165, 1.54) is 57.8 Å². The second kappa shape index (κ2) is 6.72. The zero-order valence-electron chi connectivity index (χ0n) is 12.0. The van der Waals surface area contributed by atoms with Crippen molar-refractivity contribution in [3.8, 4) is 0 Å². The number of nitrogens with one attached hydrogen (secondary N) is 1. The SMILES string of the molecule is CCC1CCCC(CN)(NCCC2=CCCC2)C1. The topological polar surface area (TPSA) is 38.0 Å². The van der Waals surface area contributed by atoms with E-state index in [0.717, 1.165) is 19.0 Å². The van der Waals surface area contributed by atoms with Crippen molar-refractivity contribution in [2.24, 2.45) is 11.7 Å². The lowest BCUT2D eigenvalue weighted by molar-refractivity contribution is 0.182. The molecule has 0 spiro atoms. The third kappa shape index (κ3) is 3.58. The molecule has 1 fully saturated rings. The molecular weight excluding hydrogens is 220 g/mol. The van der Waals surface area contributed by atoms with E-state index in [9.17, 15) is 0 Å². The van der Waals surface area contributed by atoms with Gasteiger partial charge in [0.15, 0.2) is 0 Å². The monoisotopic (exact) mass is 250 g/mol. The van der Waals surface area contributed by atoms with Crippen LogP contribution >= 0.6 is 0 Å². The van der Waals surface area contributed by atoms with Crippen LogP contribution < -0.4 is 11.1 Å². The molecule has 1 saturated carbocycles. The second-order valence-electron chi connectivity index (χ2n) is 6.29. The standard InChI is InChI=1S/C16H30N2/c1-2-14-8-5-10-16(12-14,13-17)18-11-9-15-6-3-4-7-15/h6,14,18H,2-5,7-13,17H2,1H3. The van der Waals surface area contributed by atoms with Crippen molar-refractivity contribution in [1.29, 1.82) is 0 Å². The summed E-state index contributed by atoms with van der Waals surface area (Å²) in [6.07, 6.45) is 14.3. The van der Waals surface area contributed by atoms with Gasteiger partial charge in [-0.2, -0.15) is 0 Å². The molecule has 2 rings (SSSR count). The molecule has 0 radical (unpaired) electrons. The maximum absolute atomic E-state index is 6.07. The molecule has 0 aromatic carbocycles. The normalized spacial score (nSPS) is 32.6. The molecule has 2 nitrogen and oxygen atoms in total. The molecular formula is C16H30N2. The predicted molar refractivity (Wildman–Crippen MR) is 78.6 cm³/mol. The fraction of sp³-hybridized carbons (Fsp3) is 0.875. The molecule has 0 aromatic rings. The molecule has 0 bridgehead atoms. The number of hydrogen-bond donors (Lipinski definition) is 2. The zero-order chi connectivity index (χ0) is 12.8. The van der Waals surface area contributed by atoms with E-state index in [-0.39, 0.29) is 5.54 Å². The Hall–Kier alpha value is -0.340. The maximum Gasteiger partial charge on any atom is 0.0306 e. The Morgan fingerprint density at radius 3 is 3.00 bits per heavy atom. The molecule has 0 heterocycles. The van der Waals surface area contributed by atoms with E-state index in [1.54, 1.807) is 5.57 Å². The van der Waals surface area contributed by atoms with Crippen LogP contribution in [0.25, 0.3) is 0 Å². The molecule has 2 unspecified atom stereocenters. The van der Waals surface area contributed by atoms with Gasteiger partial charge in [0.1, 0.15) is 0 Å². The van der Waals surface area contributed by atoms with Crippen LogP contribution in [0, 0.1) is 5.92 Å². The quantitative estimate of drug-likeness (QED) is 0.709. The lowest BCUT2D eigenvalue weighted by atomic mass is 9.74. The van der Waals surface area contributed by atoms with Gasteiger partial charge in [0.2, 0.25) is 0 Å². The highest BCUT2D eigenvalue weighted by molar-refractivity contribution is 5.08. The molecule has 3 N–H and O–H groups in total. The highest BCUT2D eigenvalue weighted by Crippen LogP contribution is 2.33. The Bertz CT molecular complexity index is 285. The van der Waals surface area contributed by atoms with Crippen LogP contribution in [0.15, 0.2) is 11.6 Å². The summed E-state index contributed by atoms with van der Waals surface area (Å²) >= 11 is 0. The van der Waals surface area contributed by atoms with E-state index in [0.29, 0.717) is 0 Å². The van der Waals surface area contributed by atoms with Crippen LogP contribution in [0.4, 0.5) is 0 Å². The Morgan fingerprint density at radius 1 is 1.44 bits per heavy atom. The molecule has 0 saturated heterocycles. The van der Waals surface area contributed by atoms with Gasteiger partial charge in [-0.1, -0.05) is 37.8 Å². The van der Waals surface area contributed by atoms with Crippen LogP contribution in [0.3, 0.4) is 0 Å². The Labute approximate surface area is 112 Å². The number of rotatable bonds is 6. The molecule has 104 valence electrons. The van der Waals surface area contributed by atoms with Gasteiger partial charge in [-0.25, -0.2) is 0 Å². The van der Waals surface area contributed by atoms with Crippen LogP contribution in [0.5, 0.6) is 0 Å². The zero-order valence-corrected chi connectivity index (χ0v) is 12.0. The molecule has 2 aliphatic rings. The van der Waals surface area contributed by atoms with E-state index in [2.05, 4.69) is 18.3 Å².